The van der Waals surface area contributed by atoms with Crippen LogP contribution in [0.3, 0.4) is 0 Å². The number of allylic oxidation sites excluding steroid dienone is 4. The van der Waals surface area contributed by atoms with E-state index in [0.29, 0.717) is 10.8 Å². The van der Waals surface area contributed by atoms with E-state index >= 15 is 0 Å². The molecule has 0 heterocycles. The van der Waals surface area contributed by atoms with Crippen LogP contribution < -0.4 is 0 Å². The Balaban J connectivity index is 1.41. The SMILES string of the molecule is C1=C(Sc2ccccc2)C[C@@]23C=C(Sc4ccccc4)C[C@@]12CCCC3. The summed E-state index contributed by atoms with van der Waals surface area (Å²) >= 11 is 3.99. The first-order valence-electron chi connectivity index (χ1n) is 9.66. The molecule has 0 aliphatic heterocycles. The van der Waals surface area contributed by atoms with Gasteiger partial charge in [-0.15, -0.1) is 0 Å². The topological polar surface area (TPSA) is 0 Å². The van der Waals surface area contributed by atoms with Crippen LogP contribution in [0.2, 0.25) is 0 Å². The predicted molar refractivity (Wildman–Crippen MR) is 113 cm³/mol. The number of hydrogen-bond donors (Lipinski definition) is 0. The van der Waals surface area contributed by atoms with Gasteiger partial charge in [0, 0.05) is 20.6 Å². The van der Waals surface area contributed by atoms with Gasteiger partial charge in [0.2, 0.25) is 0 Å². The third kappa shape index (κ3) is 2.88. The fourth-order valence-electron chi connectivity index (χ4n) is 5.19. The Morgan fingerprint density at radius 3 is 1.42 bits per heavy atom. The van der Waals surface area contributed by atoms with E-state index < -0.39 is 0 Å². The molecular weight excluding hydrogens is 352 g/mol. The molecule has 0 spiro atoms. The Morgan fingerprint density at radius 1 is 0.577 bits per heavy atom. The molecule has 2 heteroatoms. The maximum absolute atomic E-state index is 2.68. The second-order valence-electron chi connectivity index (χ2n) is 7.92. The standard InChI is InChI=1S/C24H24S2/c1-3-9-19(10-4-1)25-21-15-23-13-7-8-14-24(23,16-21)18-22(17-23)26-20-11-5-2-6-12-20/h1-6,9-12,15,18H,7-8,13-14,16-17H2/t23-,24+/m1/s1. The molecule has 0 unspecified atom stereocenters. The molecule has 0 bridgehead atoms. The Morgan fingerprint density at radius 2 is 1.00 bits per heavy atom. The van der Waals surface area contributed by atoms with Crippen molar-refractivity contribution in [3.63, 3.8) is 0 Å². The third-order valence-electron chi connectivity index (χ3n) is 6.33. The zero-order valence-electron chi connectivity index (χ0n) is 15.0. The van der Waals surface area contributed by atoms with Crippen molar-refractivity contribution < 1.29 is 0 Å². The third-order valence-corrected chi connectivity index (χ3v) is 8.39. The highest BCUT2D eigenvalue weighted by Gasteiger charge is 2.57. The van der Waals surface area contributed by atoms with Crippen LogP contribution >= 0.6 is 23.5 Å². The van der Waals surface area contributed by atoms with E-state index in [4.69, 9.17) is 0 Å². The monoisotopic (exact) mass is 376 g/mol. The van der Waals surface area contributed by atoms with Crippen LogP contribution in [0.4, 0.5) is 0 Å². The van der Waals surface area contributed by atoms with Gasteiger partial charge in [-0.05, 0) is 59.8 Å². The fourth-order valence-corrected chi connectivity index (χ4v) is 7.61. The average Bonchev–Trinajstić information content (AvgIpc) is 3.12. The molecule has 2 aromatic rings. The van der Waals surface area contributed by atoms with E-state index in [1.165, 1.54) is 48.3 Å². The molecule has 2 aromatic carbocycles. The van der Waals surface area contributed by atoms with Crippen molar-refractivity contribution in [2.24, 2.45) is 10.8 Å². The zero-order chi connectivity index (χ0) is 17.5. The molecule has 2 atom stereocenters. The molecular formula is C24H24S2. The van der Waals surface area contributed by atoms with Crippen LogP contribution in [-0.4, -0.2) is 0 Å². The summed E-state index contributed by atoms with van der Waals surface area (Å²) in [6.07, 6.45) is 13.3. The average molecular weight is 377 g/mol. The molecule has 0 radical (unpaired) electrons. The van der Waals surface area contributed by atoms with Gasteiger partial charge in [-0.2, -0.15) is 0 Å². The minimum absolute atomic E-state index is 0.388. The molecule has 3 aliphatic carbocycles. The number of rotatable bonds is 4. The summed E-state index contributed by atoms with van der Waals surface area (Å²) in [6, 6.07) is 21.8. The lowest BCUT2D eigenvalue weighted by Crippen LogP contribution is -2.35. The molecule has 1 saturated carbocycles. The lowest BCUT2D eigenvalue weighted by molar-refractivity contribution is 0.110. The predicted octanol–water partition coefficient (Wildman–Crippen LogP) is 7.69. The number of thioether (sulfide) groups is 2. The quantitative estimate of drug-likeness (QED) is 0.536. The van der Waals surface area contributed by atoms with Crippen molar-refractivity contribution in [1.29, 1.82) is 0 Å². The van der Waals surface area contributed by atoms with Gasteiger partial charge in [0.05, 0.1) is 0 Å². The van der Waals surface area contributed by atoms with Crippen LogP contribution in [0.15, 0.2) is 92.4 Å². The van der Waals surface area contributed by atoms with E-state index in [0.717, 1.165) is 0 Å². The number of hydrogen-bond acceptors (Lipinski definition) is 2. The van der Waals surface area contributed by atoms with Crippen molar-refractivity contribution in [2.45, 2.75) is 48.3 Å². The van der Waals surface area contributed by atoms with Gasteiger partial charge in [-0.25, -0.2) is 0 Å². The summed E-state index contributed by atoms with van der Waals surface area (Å²) in [5.74, 6) is 0. The normalized spacial score (nSPS) is 29.7. The van der Waals surface area contributed by atoms with Crippen LogP contribution in [0, 0.1) is 10.8 Å². The van der Waals surface area contributed by atoms with Gasteiger partial charge in [0.25, 0.3) is 0 Å². The van der Waals surface area contributed by atoms with Gasteiger partial charge < -0.3 is 0 Å². The fraction of sp³-hybridized carbons (Fsp3) is 0.333. The Labute approximate surface area is 165 Å². The van der Waals surface area contributed by atoms with E-state index in [2.05, 4.69) is 72.8 Å². The second-order valence-corrected chi connectivity index (χ2v) is 10.3. The summed E-state index contributed by atoms with van der Waals surface area (Å²) in [6.45, 7) is 0. The molecule has 0 nitrogen and oxygen atoms in total. The Kier molecular flexibility index (Phi) is 4.29. The van der Waals surface area contributed by atoms with Gasteiger partial charge >= 0.3 is 0 Å². The van der Waals surface area contributed by atoms with Crippen molar-refractivity contribution in [3.05, 3.63) is 82.6 Å². The van der Waals surface area contributed by atoms with Crippen molar-refractivity contribution in [2.75, 3.05) is 0 Å². The van der Waals surface area contributed by atoms with E-state index in [1.54, 1.807) is 9.81 Å². The lowest BCUT2D eigenvalue weighted by Gasteiger charge is -2.44. The van der Waals surface area contributed by atoms with Crippen molar-refractivity contribution >= 4 is 23.5 Å². The van der Waals surface area contributed by atoms with Crippen molar-refractivity contribution in [3.8, 4) is 0 Å². The highest BCUT2D eigenvalue weighted by molar-refractivity contribution is 8.03. The Bertz CT molecular complexity index is 779. The second kappa shape index (κ2) is 6.65. The first kappa shape index (κ1) is 16.8. The first-order chi connectivity index (χ1) is 12.8. The van der Waals surface area contributed by atoms with Gasteiger partial charge in [0.1, 0.15) is 0 Å². The maximum Gasteiger partial charge on any atom is 0.0118 e. The summed E-state index contributed by atoms with van der Waals surface area (Å²) in [5.41, 5.74) is 0.777. The highest BCUT2D eigenvalue weighted by atomic mass is 32.2. The first-order valence-corrected chi connectivity index (χ1v) is 11.3. The summed E-state index contributed by atoms with van der Waals surface area (Å²) in [4.78, 5) is 5.95. The van der Waals surface area contributed by atoms with Gasteiger partial charge in [0.15, 0.2) is 0 Å². The molecule has 0 amide bonds. The van der Waals surface area contributed by atoms with Gasteiger partial charge in [-0.1, -0.05) is 84.9 Å². The molecule has 26 heavy (non-hydrogen) atoms. The summed E-state index contributed by atoms with van der Waals surface area (Å²) in [5, 5.41) is 0. The van der Waals surface area contributed by atoms with E-state index in [9.17, 15) is 0 Å². The molecule has 0 N–H and O–H groups in total. The summed E-state index contributed by atoms with van der Waals surface area (Å²) in [7, 11) is 0. The lowest BCUT2D eigenvalue weighted by atomic mass is 9.59. The number of benzene rings is 2. The smallest absolute Gasteiger partial charge is 0.0118 e. The van der Waals surface area contributed by atoms with Crippen molar-refractivity contribution in [1.82, 2.24) is 0 Å². The van der Waals surface area contributed by atoms with Crippen LogP contribution in [-0.2, 0) is 0 Å². The molecule has 1 fully saturated rings. The molecule has 5 rings (SSSR count). The zero-order valence-corrected chi connectivity index (χ0v) is 16.6. The van der Waals surface area contributed by atoms with E-state index in [-0.39, 0.29) is 0 Å². The largest absolute Gasteiger partial charge is 0.0948 e. The minimum Gasteiger partial charge on any atom is -0.0948 e. The highest BCUT2D eigenvalue weighted by Crippen LogP contribution is 2.69. The Hall–Kier alpha value is -1.38. The van der Waals surface area contributed by atoms with E-state index in [1.807, 2.05) is 23.5 Å². The molecule has 3 aliphatic rings. The van der Waals surface area contributed by atoms with Crippen LogP contribution in [0.1, 0.15) is 38.5 Å². The maximum atomic E-state index is 2.68. The molecule has 0 aromatic heterocycles. The minimum atomic E-state index is 0.388. The molecule has 0 saturated heterocycles. The summed E-state index contributed by atoms with van der Waals surface area (Å²) < 4.78 is 0. The van der Waals surface area contributed by atoms with Gasteiger partial charge in [-0.3, -0.25) is 0 Å². The van der Waals surface area contributed by atoms with Crippen LogP contribution in [0.5, 0.6) is 0 Å². The van der Waals surface area contributed by atoms with Crippen LogP contribution in [0.25, 0.3) is 0 Å². The molecule has 132 valence electrons.